The molecule has 0 aromatic rings. The fourth-order valence-electron chi connectivity index (χ4n) is 6.94. The summed E-state index contributed by atoms with van der Waals surface area (Å²) in [5.41, 5.74) is 0. The number of imide groups is 4. The second-order valence-electron chi connectivity index (χ2n) is 9.73. The minimum absolute atomic E-state index is 0.123. The zero-order chi connectivity index (χ0) is 23.7. The zero-order valence-electron chi connectivity index (χ0n) is 17.8. The molecule has 4 saturated heterocycles. The van der Waals surface area contributed by atoms with Crippen LogP contribution in [0.2, 0.25) is 0 Å². The van der Waals surface area contributed by atoms with Crippen LogP contribution >= 0.6 is 0 Å². The normalized spacial score (nSPS) is 41.4. The molecule has 0 N–H and O–H groups in total. The van der Waals surface area contributed by atoms with E-state index in [1.54, 1.807) is 0 Å². The first-order chi connectivity index (χ1) is 15.6. The Kier molecular flexibility index (Phi) is 3.74. The van der Waals surface area contributed by atoms with Crippen LogP contribution in [0.3, 0.4) is 0 Å². The van der Waals surface area contributed by atoms with Crippen molar-refractivity contribution in [3.05, 3.63) is 0 Å². The van der Waals surface area contributed by atoms with Gasteiger partial charge in [-0.15, -0.1) is 0 Å². The Morgan fingerprint density at radius 3 is 1.36 bits per heavy atom. The molecule has 4 aliphatic heterocycles. The van der Waals surface area contributed by atoms with Crippen LogP contribution in [0, 0.1) is 47.3 Å². The van der Waals surface area contributed by atoms with Crippen LogP contribution in [0.25, 0.3) is 0 Å². The summed E-state index contributed by atoms with van der Waals surface area (Å²) in [5.74, 6) is -10.6. The molecule has 6 rings (SSSR count). The molecule has 12 heteroatoms. The molecule has 8 unspecified atom stereocenters. The molecule has 8 atom stereocenters. The van der Waals surface area contributed by atoms with Crippen molar-refractivity contribution < 1.29 is 38.4 Å². The van der Waals surface area contributed by atoms with Gasteiger partial charge in [-0.2, -0.15) is 0 Å². The second kappa shape index (κ2) is 6.12. The van der Waals surface area contributed by atoms with E-state index < -0.39 is 88.7 Å². The average molecular weight is 456 g/mol. The van der Waals surface area contributed by atoms with Crippen LogP contribution in [-0.4, -0.2) is 94.0 Å². The van der Waals surface area contributed by atoms with E-state index in [0.717, 1.165) is 19.6 Å². The summed E-state index contributed by atoms with van der Waals surface area (Å²) >= 11 is 0. The van der Waals surface area contributed by atoms with Crippen molar-refractivity contribution in [2.24, 2.45) is 47.3 Å². The van der Waals surface area contributed by atoms with Crippen molar-refractivity contribution >= 4 is 47.3 Å². The Balaban J connectivity index is 1.18. The molecule has 6 aliphatic rings. The summed E-state index contributed by atoms with van der Waals surface area (Å²) in [4.78, 5) is 105. The summed E-state index contributed by atoms with van der Waals surface area (Å²) in [6.07, 6.45) is 0.123. The number of nitrogens with zero attached hydrogens (tertiary/aromatic N) is 4. The molecule has 0 radical (unpaired) electrons. The van der Waals surface area contributed by atoms with Crippen LogP contribution in [0.5, 0.6) is 0 Å². The smallest absolute Gasteiger partial charge is 0.234 e. The summed E-state index contributed by atoms with van der Waals surface area (Å²) in [6.45, 7) is -0.464. The molecule has 12 nitrogen and oxygen atoms in total. The van der Waals surface area contributed by atoms with Gasteiger partial charge >= 0.3 is 0 Å². The Morgan fingerprint density at radius 2 is 0.818 bits per heavy atom. The summed E-state index contributed by atoms with van der Waals surface area (Å²) < 4.78 is 0. The van der Waals surface area contributed by atoms with E-state index >= 15 is 0 Å². The van der Waals surface area contributed by atoms with Crippen LogP contribution < -0.4 is 0 Å². The first kappa shape index (κ1) is 20.2. The lowest BCUT2D eigenvalue weighted by molar-refractivity contribution is -0.146. The largest absolute Gasteiger partial charge is 0.285 e. The third-order valence-corrected chi connectivity index (χ3v) is 8.59. The number of carbonyl (C=O) groups excluding carboxylic acids is 8. The van der Waals surface area contributed by atoms with E-state index in [2.05, 4.69) is 0 Å². The van der Waals surface area contributed by atoms with Gasteiger partial charge in [-0.25, -0.2) is 0 Å². The van der Waals surface area contributed by atoms with Crippen LogP contribution in [0.15, 0.2) is 0 Å². The SMILES string of the molecule is CN1C(=O)C2CC3C(=O)N(CCN4C(=O)C5C6C(=O)N(C)C(=O)C6C5C4=O)C(=O)C3C2C1=O. The Labute approximate surface area is 186 Å². The van der Waals surface area contributed by atoms with Gasteiger partial charge in [-0.3, -0.25) is 58.0 Å². The predicted molar refractivity (Wildman–Crippen MR) is 102 cm³/mol. The van der Waals surface area contributed by atoms with E-state index in [-0.39, 0.29) is 25.4 Å². The highest BCUT2D eigenvalue weighted by molar-refractivity contribution is 6.18. The zero-order valence-corrected chi connectivity index (χ0v) is 17.8. The highest BCUT2D eigenvalue weighted by Crippen LogP contribution is 2.56. The number of rotatable bonds is 3. The van der Waals surface area contributed by atoms with Gasteiger partial charge in [0.1, 0.15) is 0 Å². The van der Waals surface area contributed by atoms with Crippen molar-refractivity contribution in [1.82, 2.24) is 19.6 Å². The van der Waals surface area contributed by atoms with Crippen molar-refractivity contribution in [3.63, 3.8) is 0 Å². The van der Waals surface area contributed by atoms with E-state index in [9.17, 15) is 38.4 Å². The number of hydrogen-bond acceptors (Lipinski definition) is 8. The molecule has 0 spiro atoms. The highest BCUT2D eigenvalue weighted by Gasteiger charge is 2.73. The predicted octanol–water partition coefficient (Wildman–Crippen LogP) is -2.93. The number of amides is 8. The maximum Gasteiger partial charge on any atom is 0.234 e. The minimum atomic E-state index is -0.907. The van der Waals surface area contributed by atoms with Gasteiger partial charge in [-0.05, 0) is 6.42 Å². The minimum Gasteiger partial charge on any atom is -0.285 e. The van der Waals surface area contributed by atoms with Crippen molar-refractivity contribution in [3.8, 4) is 0 Å². The van der Waals surface area contributed by atoms with Gasteiger partial charge < -0.3 is 0 Å². The summed E-state index contributed by atoms with van der Waals surface area (Å²) in [5, 5.41) is 0. The maximum absolute atomic E-state index is 13.0. The highest BCUT2D eigenvalue weighted by atomic mass is 16.2. The molecule has 8 amide bonds. The number of fused-ring (bicyclic) bond motifs is 7. The summed E-state index contributed by atoms with van der Waals surface area (Å²) in [6, 6.07) is 0. The van der Waals surface area contributed by atoms with Crippen molar-refractivity contribution in [2.75, 3.05) is 27.2 Å². The lowest BCUT2D eigenvalue weighted by Gasteiger charge is -2.36. The van der Waals surface area contributed by atoms with Gasteiger partial charge in [-0.1, -0.05) is 0 Å². The lowest BCUT2D eigenvalue weighted by atomic mass is 9.59. The molecule has 172 valence electrons. The fraction of sp³-hybridized carbons (Fsp3) is 0.619. The Bertz CT molecular complexity index is 1090. The first-order valence-electron chi connectivity index (χ1n) is 10.9. The number of hydrogen-bond donors (Lipinski definition) is 0. The molecule has 0 aromatic heterocycles. The molecule has 0 bridgehead atoms. The van der Waals surface area contributed by atoms with Gasteiger partial charge in [0.05, 0.1) is 47.3 Å². The number of carbonyl (C=O) groups is 8. The van der Waals surface area contributed by atoms with Crippen LogP contribution in [0.1, 0.15) is 6.42 Å². The van der Waals surface area contributed by atoms with Gasteiger partial charge in [0.2, 0.25) is 47.3 Å². The third-order valence-electron chi connectivity index (χ3n) is 8.59. The average Bonchev–Trinajstić information content (AvgIpc) is 3.42. The Morgan fingerprint density at radius 1 is 0.485 bits per heavy atom. The molecular weight excluding hydrogens is 436 g/mol. The molecule has 33 heavy (non-hydrogen) atoms. The maximum atomic E-state index is 13.0. The molecule has 6 fully saturated rings. The topological polar surface area (TPSA) is 150 Å². The molecule has 2 aliphatic carbocycles. The molecule has 4 heterocycles. The third kappa shape index (κ3) is 2.12. The monoisotopic (exact) mass is 456 g/mol. The van der Waals surface area contributed by atoms with Gasteiger partial charge in [0.15, 0.2) is 0 Å². The fourth-order valence-corrected chi connectivity index (χ4v) is 6.94. The Hall–Kier alpha value is -3.44. The molecular formula is C21H20N4O8. The second-order valence-corrected chi connectivity index (χ2v) is 9.73. The van der Waals surface area contributed by atoms with E-state index in [4.69, 9.17) is 0 Å². The van der Waals surface area contributed by atoms with E-state index in [1.807, 2.05) is 0 Å². The van der Waals surface area contributed by atoms with Gasteiger partial charge in [0.25, 0.3) is 0 Å². The lowest BCUT2D eigenvalue weighted by Crippen LogP contribution is -2.50. The summed E-state index contributed by atoms with van der Waals surface area (Å²) in [7, 11) is 2.69. The van der Waals surface area contributed by atoms with E-state index in [1.165, 1.54) is 14.1 Å². The van der Waals surface area contributed by atoms with Gasteiger partial charge in [0, 0.05) is 27.2 Å². The van der Waals surface area contributed by atoms with E-state index in [0.29, 0.717) is 0 Å². The quantitative estimate of drug-likeness (QED) is 0.410. The molecule has 2 saturated carbocycles. The van der Waals surface area contributed by atoms with Crippen molar-refractivity contribution in [2.45, 2.75) is 6.42 Å². The van der Waals surface area contributed by atoms with Crippen LogP contribution in [-0.2, 0) is 38.4 Å². The van der Waals surface area contributed by atoms with Crippen LogP contribution in [0.4, 0.5) is 0 Å². The van der Waals surface area contributed by atoms with Crippen molar-refractivity contribution in [1.29, 1.82) is 0 Å². The number of likely N-dealkylation sites (tertiary alicyclic amines) is 4. The molecule has 0 aromatic carbocycles. The standard InChI is InChI=1S/C21H20N4O8/c1-22-14(26)6-5-7-9(8(6)16(22)28)19(31)24(15(7)27)3-4-25-20(32)12-10-11(13(12)21(25)33)18(30)23(2)17(10)29/h6-13H,3-5H2,1-2H3. The first-order valence-corrected chi connectivity index (χ1v) is 10.9.